The Morgan fingerprint density at radius 2 is 1.81 bits per heavy atom. The van der Waals surface area contributed by atoms with Gasteiger partial charge >= 0.3 is 6.03 Å². The fourth-order valence-corrected chi connectivity index (χ4v) is 3.76. The molecule has 2 aromatic carbocycles. The van der Waals surface area contributed by atoms with Crippen molar-refractivity contribution in [2.75, 3.05) is 18.0 Å². The number of aryl methyl sites for hydroxylation is 1. The van der Waals surface area contributed by atoms with Gasteiger partial charge in [0.25, 0.3) is 0 Å². The third-order valence-corrected chi connectivity index (χ3v) is 5.29. The highest BCUT2D eigenvalue weighted by molar-refractivity contribution is 5.94. The summed E-state index contributed by atoms with van der Waals surface area (Å²) in [7, 11) is 0. The second kappa shape index (κ2) is 7.56. The Morgan fingerprint density at radius 1 is 0.968 bits per heavy atom. The number of anilines is 1. The lowest BCUT2D eigenvalue weighted by Gasteiger charge is -2.17. The number of carbonyl (C=O) groups is 1. The molecule has 0 unspecified atom stereocenters. The third kappa shape index (κ3) is 3.38. The van der Waals surface area contributed by atoms with Gasteiger partial charge in [-0.15, -0.1) is 0 Å². The minimum atomic E-state index is -0.183. The summed E-state index contributed by atoms with van der Waals surface area (Å²) in [5, 5.41) is 11.8. The zero-order valence-corrected chi connectivity index (χ0v) is 16.9. The standard InChI is InChI=1S/C23H20N6O2/c1-16-15-18(27-14-12-24-23(27)31)7-8-19(16)28-13-10-21(30)22(26-28)20-9-11-25-29(20)17-5-3-2-4-6-17/h2-11,13,15H,12,14H2,1H3,(H,24,31). The molecule has 0 saturated carbocycles. The molecule has 0 radical (unpaired) electrons. The second-order valence-corrected chi connectivity index (χ2v) is 7.29. The van der Waals surface area contributed by atoms with E-state index in [2.05, 4.69) is 15.5 Å². The number of benzene rings is 2. The Hall–Kier alpha value is -4.20. The van der Waals surface area contributed by atoms with Gasteiger partial charge in [0.2, 0.25) is 5.43 Å². The molecule has 0 aliphatic carbocycles. The van der Waals surface area contributed by atoms with E-state index in [0.29, 0.717) is 24.5 Å². The Balaban J connectivity index is 1.56. The highest BCUT2D eigenvalue weighted by Crippen LogP contribution is 2.24. The van der Waals surface area contributed by atoms with Crippen LogP contribution in [-0.2, 0) is 0 Å². The van der Waals surface area contributed by atoms with Crippen molar-refractivity contribution in [2.45, 2.75) is 6.92 Å². The lowest BCUT2D eigenvalue weighted by molar-refractivity contribution is 0.252. The first kappa shape index (κ1) is 18.8. The molecule has 0 atom stereocenters. The molecular formula is C23H20N6O2. The largest absolute Gasteiger partial charge is 0.336 e. The van der Waals surface area contributed by atoms with Crippen molar-refractivity contribution in [1.29, 1.82) is 0 Å². The maximum Gasteiger partial charge on any atom is 0.321 e. The van der Waals surface area contributed by atoms with Crippen LogP contribution in [0.2, 0.25) is 0 Å². The Labute approximate surface area is 178 Å². The lowest BCUT2D eigenvalue weighted by atomic mass is 10.1. The third-order valence-electron chi connectivity index (χ3n) is 5.29. The van der Waals surface area contributed by atoms with Crippen molar-refractivity contribution in [2.24, 2.45) is 0 Å². The van der Waals surface area contributed by atoms with Crippen molar-refractivity contribution in [3.8, 4) is 22.8 Å². The van der Waals surface area contributed by atoms with Crippen LogP contribution in [0.4, 0.5) is 10.5 Å². The van der Waals surface area contributed by atoms with Crippen LogP contribution in [0.25, 0.3) is 22.8 Å². The monoisotopic (exact) mass is 412 g/mol. The first-order valence-corrected chi connectivity index (χ1v) is 9.98. The van der Waals surface area contributed by atoms with Gasteiger partial charge in [-0.25, -0.2) is 14.2 Å². The van der Waals surface area contributed by atoms with E-state index >= 15 is 0 Å². The number of amides is 2. The molecule has 4 aromatic rings. The molecule has 1 aliphatic rings. The first-order valence-electron chi connectivity index (χ1n) is 9.98. The summed E-state index contributed by atoms with van der Waals surface area (Å²) < 4.78 is 3.39. The molecule has 1 aliphatic heterocycles. The Kier molecular flexibility index (Phi) is 4.59. The minimum Gasteiger partial charge on any atom is -0.336 e. The molecule has 2 aromatic heterocycles. The van der Waals surface area contributed by atoms with E-state index < -0.39 is 0 Å². The van der Waals surface area contributed by atoms with Crippen LogP contribution in [0.1, 0.15) is 5.56 Å². The van der Waals surface area contributed by atoms with E-state index in [4.69, 9.17) is 0 Å². The number of nitrogens with zero attached hydrogens (tertiary/aromatic N) is 5. The fourth-order valence-electron chi connectivity index (χ4n) is 3.76. The van der Waals surface area contributed by atoms with Crippen molar-refractivity contribution in [3.63, 3.8) is 0 Å². The zero-order chi connectivity index (χ0) is 21.4. The van der Waals surface area contributed by atoms with Gasteiger partial charge in [-0.3, -0.25) is 9.69 Å². The number of aromatic nitrogens is 4. The van der Waals surface area contributed by atoms with Gasteiger partial charge in [0, 0.05) is 31.0 Å². The molecule has 8 heteroatoms. The van der Waals surface area contributed by atoms with Gasteiger partial charge in [-0.2, -0.15) is 10.2 Å². The quantitative estimate of drug-likeness (QED) is 0.559. The van der Waals surface area contributed by atoms with Crippen LogP contribution >= 0.6 is 0 Å². The van der Waals surface area contributed by atoms with E-state index in [-0.39, 0.29) is 11.5 Å². The van der Waals surface area contributed by atoms with Crippen molar-refractivity contribution in [3.05, 3.63) is 88.8 Å². The lowest BCUT2D eigenvalue weighted by Crippen LogP contribution is -2.27. The van der Waals surface area contributed by atoms with Crippen LogP contribution in [0.5, 0.6) is 0 Å². The van der Waals surface area contributed by atoms with Gasteiger partial charge in [0.15, 0.2) is 5.69 Å². The van der Waals surface area contributed by atoms with Gasteiger partial charge in [0.1, 0.15) is 0 Å². The number of nitrogens with one attached hydrogen (secondary N) is 1. The van der Waals surface area contributed by atoms with E-state index in [0.717, 1.165) is 22.6 Å². The molecule has 2 amide bonds. The molecule has 31 heavy (non-hydrogen) atoms. The van der Waals surface area contributed by atoms with E-state index in [9.17, 15) is 9.59 Å². The summed E-state index contributed by atoms with van der Waals surface area (Å²) >= 11 is 0. The first-order chi connectivity index (χ1) is 15.1. The summed E-state index contributed by atoms with van der Waals surface area (Å²) in [5.41, 5.74) is 4.20. The van der Waals surface area contributed by atoms with Gasteiger partial charge in [-0.1, -0.05) is 18.2 Å². The maximum absolute atomic E-state index is 12.7. The molecule has 0 bridgehead atoms. The van der Waals surface area contributed by atoms with E-state index in [1.165, 1.54) is 6.07 Å². The summed E-state index contributed by atoms with van der Waals surface area (Å²) in [5.74, 6) is 0. The molecule has 5 rings (SSSR count). The average Bonchev–Trinajstić information content (AvgIpc) is 3.44. The molecule has 1 fully saturated rings. The molecule has 1 N–H and O–H groups in total. The Morgan fingerprint density at radius 3 is 2.55 bits per heavy atom. The topological polar surface area (TPSA) is 85.0 Å². The van der Waals surface area contributed by atoms with Crippen LogP contribution in [0, 0.1) is 6.92 Å². The number of hydrogen-bond donors (Lipinski definition) is 1. The predicted molar refractivity (Wildman–Crippen MR) is 118 cm³/mol. The summed E-state index contributed by atoms with van der Waals surface area (Å²) in [4.78, 5) is 26.3. The zero-order valence-electron chi connectivity index (χ0n) is 16.9. The highest BCUT2D eigenvalue weighted by atomic mass is 16.2. The number of urea groups is 1. The van der Waals surface area contributed by atoms with E-state index in [1.807, 2.05) is 55.5 Å². The van der Waals surface area contributed by atoms with Crippen LogP contribution in [0.15, 0.2) is 77.9 Å². The molecular weight excluding hydrogens is 392 g/mol. The number of hydrogen-bond acceptors (Lipinski definition) is 4. The van der Waals surface area contributed by atoms with Gasteiger partial charge in [0.05, 0.1) is 23.3 Å². The SMILES string of the molecule is Cc1cc(N2CCNC2=O)ccc1-n1ccc(=O)c(-c2ccnn2-c2ccccc2)n1. The molecule has 154 valence electrons. The van der Waals surface area contributed by atoms with Gasteiger partial charge < -0.3 is 5.32 Å². The van der Waals surface area contributed by atoms with Crippen molar-refractivity contribution >= 4 is 11.7 Å². The minimum absolute atomic E-state index is 0.0925. The van der Waals surface area contributed by atoms with Crippen LogP contribution < -0.4 is 15.6 Å². The highest BCUT2D eigenvalue weighted by Gasteiger charge is 2.21. The number of carbonyl (C=O) groups excluding carboxylic acids is 1. The number of para-hydroxylation sites is 1. The van der Waals surface area contributed by atoms with Gasteiger partial charge in [-0.05, 0) is 48.9 Å². The summed E-state index contributed by atoms with van der Waals surface area (Å²) in [6.45, 7) is 3.24. The molecule has 0 spiro atoms. The predicted octanol–water partition coefficient (Wildman–Crippen LogP) is 2.92. The Bertz CT molecular complexity index is 1330. The molecule has 8 nitrogen and oxygen atoms in total. The van der Waals surface area contributed by atoms with Crippen LogP contribution in [-0.4, -0.2) is 38.7 Å². The summed E-state index contributed by atoms with van der Waals surface area (Å²) in [6, 6.07) is 18.6. The normalized spacial score (nSPS) is 13.5. The average molecular weight is 412 g/mol. The fraction of sp³-hybridized carbons (Fsp3) is 0.130. The van der Waals surface area contributed by atoms with E-state index in [1.54, 1.807) is 32.7 Å². The second-order valence-electron chi connectivity index (χ2n) is 7.29. The van der Waals surface area contributed by atoms with Crippen LogP contribution in [0.3, 0.4) is 0 Å². The van der Waals surface area contributed by atoms with Crippen molar-refractivity contribution in [1.82, 2.24) is 24.9 Å². The molecule has 1 saturated heterocycles. The summed E-state index contributed by atoms with van der Waals surface area (Å²) in [6.07, 6.45) is 3.31. The molecule has 3 heterocycles. The van der Waals surface area contributed by atoms with Crippen molar-refractivity contribution < 1.29 is 4.79 Å². The smallest absolute Gasteiger partial charge is 0.321 e. The maximum atomic E-state index is 12.7. The number of rotatable bonds is 4.